The van der Waals surface area contributed by atoms with Crippen LogP contribution in [-0.4, -0.2) is 23.9 Å². The van der Waals surface area contributed by atoms with E-state index in [9.17, 15) is 13.6 Å². The Morgan fingerprint density at radius 3 is 2.88 bits per heavy atom. The Hall–Kier alpha value is -2.35. The van der Waals surface area contributed by atoms with Crippen LogP contribution in [0.3, 0.4) is 0 Å². The number of urea groups is 1. The smallest absolute Gasteiger partial charge is 0.388 e. The van der Waals surface area contributed by atoms with Gasteiger partial charge in [-0.25, -0.2) is 9.78 Å². The maximum absolute atomic E-state index is 12.5. The first-order valence-corrected chi connectivity index (χ1v) is 9.38. The molecule has 0 fully saturated rings. The van der Waals surface area contributed by atoms with Crippen molar-refractivity contribution in [2.75, 3.05) is 11.6 Å². The van der Waals surface area contributed by atoms with Gasteiger partial charge < -0.3 is 10.1 Å². The molecular weight excluding hydrogens is 360 g/mol. The summed E-state index contributed by atoms with van der Waals surface area (Å²) in [4.78, 5) is 16.0. The lowest BCUT2D eigenvalue weighted by Gasteiger charge is -2.19. The molecule has 2 aromatic rings. The average Bonchev–Trinajstić information content (AvgIpc) is 3.03. The van der Waals surface area contributed by atoms with Crippen molar-refractivity contribution in [1.82, 2.24) is 9.71 Å². The number of anilines is 1. The van der Waals surface area contributed by atoms with Gasteiger partial charge in [0.2, 0.25) is 5.88 Å². The molecule has 0 saturated heterocycles. The highest BCUT2D eigenvalue weighted by atomic mass is 32.2. The van der Waals surface area contributed by atoms with Gasteiger partial charge in [-0.2, -0.15) is 8.78 Å². The number of hydrogen-bond donors (Lipinski definition) is 2. The number of pyridine rings is 1. The Labute approximate surface area is 154 Å². The van der Waals surface area contributed by atoms with E-state index in [1.165, 1.54) is 29.8 Å². The van der Waals surface area contributed by atoms with Gasteiger partial charge in [0, 0.05) is 24.1 Å². The van der Waals surface area contributed by atoms with Gasteiger partial charge >= 0.3 is 12.6 Å². The van der Waals surface area contributed by atoms with Crippen molar-refractivity contribution >= 4 is 23.7 Å². The molecular formula is C18H19F2N3O2S. The predicted octanol–water partition coefficient (Wildman–Crippen LogP) is 4.55. The van der Waals surface area contributed by atoms with Crippen LogP contribution in [0.2, 0.25) is 0 Å². The van der Waals surface area contributed by atoms with Gasteiger partial charge in [-0.1, -0.05) is 18.0 Å². The molecule has 1 heterocycles. The Morgan fingerprint density at radius 1 is 1.35 bits per heavy atom. The molecule has 2 amide bonds. The van der Waals surface area contributed by atoms with Crippen LogP contribution < -0.4 is 14.8 Å². The van der Waals surface area contributed by atoms with Crippen LogP contribution >= 0.6 is 11.9 Å². The van der Waals surface area contributed by atoms with E-state index in [0.717, 1.165) is 41.6 Å². The molecule has 0 bridgehead atoms. The first-order valence-electron chi connectivity index (χ1n) is 8.16. The third kappa shape index (κ3) is 3.90. The number of carbonyl (C=O) groups excluding carboxylic acids is 1. The summed E-state index contributed by atoms with van der Waals surface area (Å²) in [5, 5.41) is 2.93. The number of carbonyl (C=O) groups is 1. The third-order valence-corrected chi connectivity index (χ3v) is 4.65. The van der Waals surface area contributed by atoms with E-state index < -0.39 is 6.61 Å². The first kappa shape index (κ1) is 18.4. The second kappa shape index (κ2) is 7.90. The molecule has 0 aliphatic heterocycles. The molecule has 3 rings (SSSR count). The van der Waals surface area contributed by atoms with Crippen molar-refractivity contribution in [1.29, 1.82) is 0 Å². The highest BCUT2D eigenvalue weighted by Crippen LogP contribution is 2.40. The fraction of sp³-hybridized carbons (Fsp3) is 0.333. The zero-order chi connectivity index (χ0) is 18.7. The number of halogens is 2. The summed E-state index contributed by atoms with van der Waals surface area (Å²) in [5.74, 6) is -0.156. The lowest BCUT2D eigenvalue weighted by Crippen LogP contribution is -2.23. The number of alkyl halides is 2. The van der Waals surface area contributed by atoms with Crippen LogP contribution in [0, 0.1) is 6.92 Å². The Kier molecular flexibility index (Phi) is 5.61. The van der Waals surface area contributed by atoms with E-state index in [1.807, 2.05) is 6.92 Å². The summed E-state index contributed by atoms with van der Waals surface area (Å²) < 4.78 is 32.1. The molecule has 1 aromatic heterocycles. The van der Waals surface area contributed by atoms with Crippen LogP contribution in [0.1, 0.15) is 23.1 Å². The number of aryl methyl sites for hydroxylation is 2. The highest BCUT2D eigenvalue weighted by Gasteiger charge is 2.23. The van der Waals surface area contributed by atoms with Gasteiger partial charge in [0.1, 0.15) is 0 Å². The largest absolute Gasteiger partial charge is 0.417 e. The summed E-state index contributed by atoms with van der Waals surface area (Å²) >= 11 is 1.20. The molecule has 0 atom stereocenters. The van der Waals surface area contributed by atoms with Gasteiger partial charge in [0.15, 0.2) is 0 Å². The number of ether oxygens (including phenoxy) is 1. The minimum absolute atomic E-state index is 0.156. The SMILES string of the molecule is CSNC(=O)Nc1c2c(cc(C)c1-c1ccnc(OC(F)F)c1)CCC2. The van der Waals surface area contributed by atoms with Gasteiger partial charge in [0.25, 0.3) is 0 Å². The number of amides is 2. The quantitative estimate of drug-likeness (QED) is 0.749. The molecule has 0 unspecified atom stereocenters. The topological polar surface area (TPSA) is 63.2 Å². The van der Waals surface area contributed by atoms with E-state index in [2.05, 4.69) is 25.8 Å². The molecule has 0 spiro atoms. The maximum Gasteiger partial charge on any atom is 0.388 e. The maximum atomic E-state index is 12.5. The molecule has 1 aliphatic carbocycles. The fourth-order valence-electron chi connectivity index (χ4n) is 3.36. The average molecular weight is 379 g/mol. The number of nitrogens with one attached hydrogen (secondary N) is 2. The van der Waals surface area contributed by atoms with Gasteiger partial charge in [0.05, 0.1) is 5.69 Å². The lowest BCUT2D eigenvalue weighted by molar-refractivity contribution is -0.0528. The van der Waals surface area contributed by atoms with E-state index in [0.29, 0.717) is 5.56 Å². The number of nitrogens with zero attached hydrogens (tertiary/aromatic N) is 1. The van der Waals surface area contributed by atoms with Gasteiger partial charge in [-0.3, -0.25) is 4.72 Å². The van der Waals surface area contributed by atoms with Crippen molar-refractivity contribution < 1.29 is 18.3 Å². The van der Waals surface area contributed by atoms with Crippen LogP contribution in [0.4, 0.5) is 19.3 Å². The monoisotopic (exact) mass is 379 g/mol. The molecule has 0 radical (unpaired) electrons. The van der Waals surface area contributed by atoms with E-state index in [4.69, 9.17) is 0 Å². The molecule has 138 valence electrons. The molecule has 8 heteroatoms. The first-order chi connectivity index (χ1) is 12.5. The fourth-order valence-corrected chi connectivity index (χ4v) is 3.59. The molecule has 5 nitrogen and oxygen atoms in total. The third-order valence-electron chi connectivity index (χ3n) is 4.26. The predicted molar refractivity (Wildman–Crippen MR) is 98.7 cm³/mol. The summed E-state index contributed by atoms with van der Waals surface area (Å²) in [7, 11) is 0. The number of benzene rings is 1. The van der Waals surface area contributed by atoms with E-state index >= 15 is 0 Å². The zero-order valence-electron chi connectivity index (χ0n) is 14.4. The lowest BCUT2D eigenvalue weighted by atomic mass is 9.93. The summed E-state index contributed by atoms with van der Waals surface area (Å²) in [6.45, 7) is -0.997. The molecule has 1 aliphatic rings. The molecule has 26 heavy (non-hydrogen) atoms. The molecule has 1 aromatic carbocycles. The van der Waals surface area contributed by atoms with Crippen LogP contribution in [0.5, 0.6) is 5.88 Å². The number of hydrogen-bond acceptors (Lipinski definition) is 4. The van der Waals surface area contributed by atoms with Crippen LogP contribution in [0.15, 0.2) is 24.4 Å². The van der Waals surface area contributed by atoms with Crippen LogP contribution in [0.25, 0.3) is 11.1 Å². The Bertz CT molecular complexity index is 830. The minimum atomic E-state index is -2.94. The number of aromatic nitrogens is 1. The van der Waals surface area contributed by atoms with Gasteiger partial charge in [-0.05, 0) is 54.5 Å². The Balaban J connectivity index is 2.10. The normalized spacial score (nSPS) is 12.8. The summed E-state index contributed by atoms with van der Waals surface area (Å²) in [6, 6.07) is 4.97. The van der Waals surface area contributed by atoms with Crippen molar-refractivity contribution in [3.8, 4) is 17.0 Å². The van der Waals surface area contributed by atoms with Crippen molar-refractivity contribution in [2.45, 2.75) is 32.8 Å². The number of rotatable bonds is 5. The summed E-state index contributed by atoms with van der Waals surface area (Å²) in [5.41, 5.74) is 5.45. The zero-order valence-corrected chi connectivity index (χ0v) is 15.3. The van der Waals surface area contributed by atoms with Crippen molar-refractivity contribution in [3.63, 3.8) is 0 Å². The Morgan fingerprint density at radius 2 is 2.15 bits per heavy atom. The molecule has 2 N–H and O–H groups in total. The summed E-state index contributed by atoms with van der Waals surface area (Å²) in [6.07, 6.45) is 6.03. The minimum Gasteiger partial charge on any atom is -0.417 e. The second-order valence-corrected chi connectivity index (χ2v) is 6.57. The molecule has 0 saturated carbocycles. The van der Waals surface area contributed by atoms with Crippen molar-refractivity contribution in [3.05, 3.63) is 41.1 Å². The standard InChI is InChI=1S/C18H19F2N3O2S/c1-10-8-11-4-3-5-13(11)16(22-18(24)23-26-2)15(10)12-6-7-21-14(9-12)25-17(19)20/h6-9,17H,3-5H2,1-2H3,(H2,22,23,24). The van der Waals surface area contributed by atoms with Crippen LogP contribution in [-0.2, 0) is 12.8 Å². The van der Waals surface area contributed by atoms with E-state index in [-0.39, 0.29) is 11.9 Å². The van der Waals surface area contributed by atoms with E-state index in [1.54, 1.807) is 12.3 Å². The van der Waals surface area contributed by atoms with Gasteiger partial charge in [-0.15, -0.1) is 0 Å². The van der Waals surface area contributed by atoms with Crippen molar-refractivity contribution in [2.24, 2.45) is 0 Å². The highest BCUT2D eigenvalue weighted by molar-refractivity contribution is 7.97. The second-order valence-electron chi connectivity index (χ2n) is 5.96. The number of fused-ring (bicyclic) bond motifs is 1.